The summed E-state index contributed by atoms with van der Waals surface area (Å²) in [7, 11) is 2.14. The molecule has 2 N–H and O–H groups in total. The molecule has 0 spiro atoms. The Bertz CT molecular complexity index is 586. The average molecular weight is 349 g/mol. The highest BCUT2D eigenvalue weighted by Crippen LogP contribution is 2.30. The van der Waals surface area contributed by atoms with E-state index in [2.05, 4.69) is 29.1 Å². The van der Waals surface area contributed by atoms with Crippen LogP contribution in [-0.2, 0) is 16.0 Å². The molecule has 0 saturated carbocycles. The van der Waals surface area contributed by atoms with E-state index in [9.17, 15) is 4.79 Å². The van der Waals surface area contributed by atoms with Crippen LogP contribution in [0.5, 0.6) is 5.75 Å². The van der Waals surface area contributed by atoms with E-state index in [1.54, 1.807) is 0 Å². The van der Waals surface area contributed by atoms with Crippen molar-refractivity contribution in [3.8, 4) is 5.75 Å². The van der Waals surface area contributed by atoms with Crippen molar-refractivity contribution >= 4 is 18.1 Å². The molecule has 2 aliphatic rings. The zero-order valence-corrected chi connectivity index (χ0v) is 14.9. The van der Waals surface area contributed by atoms with Gasteiger partial charge in [-0.3, -0.25) is 9.59 Å². The van der Waals surface area contributed by atoms with Crippen LogP contribution in [0, 0.1) is 0 Å². The Morgan fingerprint density at radius 1 is 1.36 bits per heavy atom. The normalized spacial score (nSPS) is 20.0. The van der Waals surface area contributed by atoms with Gasteiger partial charge in [0.25, 0.3) is 6.47 Å². The maximum Gasteiger partial charge on any atom is 0.290 e. The number of fused-ring (bicyclic) bond motifs is 1. The third-order valence-corrected chi connectivity index (χ3v) is 4.43. The van der Waals surface area contributed by atoms with E-state index >= 15 is 0 Å². The van der Waals surface area contributed by atoms with Gasteiger partial charge in [0.2, 0.25) is 5.91 Å². The molecule has 7 nitrogen and oxygen atoms in total. The molecule has 3 rings (SSSR count). The van der Waals surface area contributed by atoms with E-state index in [4.69, 9.17) is 14.6 Å². The number of hydrogen-bond acceptors (Lipinski definition) is 5. The Hall–Kier alpha value is -2.12. The highest BCUT2D eigenvalue weighted by atomic mass is 16.5. The highest BCUT2D eigenvalue weighted by Gasteiger charge is 2.19. The number of likely N-dealkylation sites (N-methyl/N-ethyl adjacent to an activating group) is 1. The fourth-order valence-electron chi connectivity index (χ4n) is 3.05. The molecule has 0 aromatic heterocycles. The SMILES string of the molecule is CC1Cc2cc(NC(=O)CCN3CCN(C)CC3)ccc2O1.O=CO. The van der Waals surface area contributed by atoms with Crippen LogP contribution in [-0.4, -0.2) is 73.2 Å². The van der Waals surface area contributed by atoms with Gasteiger partial charge in [0.1, 0.15) is 11.9 Å². The van der Waals surface area contributed by atoms with Crippen LogP contribution in [0.2, 0.25) is 0 Å². The fourth-order valence-corrected chi connectivity index (χ4v) is 3.05. The average Bonchev–Trinajstić information content (AvgIpc) is 2.94. The minimum atomic E-state index is -0.250. The molecule has 0 radical (unpaired) electrons. The van der Waals surface area contributed by atoms with Gasteiger partial charge >= 0.3 is 0 Å². The monoisotopic (exact) mass is 349 g/mol. The third-order valence-electron chi connectivity index (χ3n) is 4.43. The molecular formula is C18H27N3O4. The standard InChI is InChI=1S/C17H25N3O2.CH2O2/c1-13-11-14-12-15(3-4-16(14)22-13)18-17(21)5-6-20-9-7-19(2)8-10-20;2-1-3/h3-4,12-13H,5-11H2,1-2H3,(H,18,21);1H,(H,2,3). The maximum absolute atomic E-state index is 12.1. The van der Waals surface area contributed by atoms with Crippen molar-refractivity contribution in [1.29, 1.82) is 0 Å². The predicted molar refractivity (Wildman–Crippen MR) is 96.1 cm³/mol. The Balaban J connectivity index is 0.000000701. The lowest BCUT2D eigenvalue weighted by atomic mass is 10.1. The van der Waals surface area contributed by atoms with Gasteiger partial charge in [0.05, 0.1) is 0 Å². The first-order chi connectivity index (χ1) is 12.0. The highest BCUT2D eigenvalue weighted by molar-refractivity contribution is 5.91. The second-order valence-corrected chi connectivity index (χ2v) is 6.50. The summed E-state index contributed by atoms with van der Waals surface area (Å²) >= 11 is 0. The van der Waals surface area contributed by atoms with Crippen LogP contribution in [0.15, 0.2) is 18.2 Å². The lowest BCUT2D eigenvalue weighted by molar-refractivity contribution is -0.123. The first-order valence-electron chi connectivity index (χ1n) is 8.60. The van der Waals surface area contributed by atoms with Gasteiger partial charge in [-0.1, -0.05) is 0 Å². The van der Waals surface area contributed by atoms with Gasteiger partial charge in [-0.15, -0.1) is 0 Å². The van der Waals surface area contributed by atoms with Crippen LogP contribution >= 0.6 is 0 Å². The van der Waals surface area contributed by atoms with Crippen molar-refractivity contribution in [3.63, 3.8) is 0 Å². The van der Waals surface area contributed by atoms with Crippen LogP contribution in [0.25, 0.3) is 0 Å². The van der Waals surface area contributed by atoms with Gasteiger partial charge in [0, 0.05) is 51.3 Å². The minimum absolute atomic E-state index is 0.0887. The van der Waals surface area contributed by atoms with Crippen LogP contribution in [0.4, 0.5) is 5.69 Å². The van der Waals surface area contributed by atoms with E-state index < -0.39 is 0 Å². The summed E-state index contributed by atoms with van der Waals surface area (Å²) in [6, 6.07) is 5.91. The second-order valence-electron chi connectivity index (χ2n) is 6.50. The number of carbonyl (C=O) groups is 2. The number of amides is 1. The van der Waals surface area contributed by atoms with Crippen molar-refractivity contribution in [2.45, 2.75) is 25.9 Å². The molecule has 1 aromatic rings. The number of carboxylic acid groups (broad SMARTS) is 1. The molecule has 138 valence electrons. The van der Waals surface area contributed by atoms with Crippen LogP contribution in [0.3, 0.4) is 0 Å². The van der Waals surface area contributed by atoms with E-state index in [1.807, 2.05) is 18.2 Å². The second kappa shape index (κ2) is 9.39. The number of piperazine rings is 1. The molecule has 1 fully saturated rings. The van der Waals surface area contributed by atoms with Crippen molar-refractivity contribution < 1.29 is 19.4 Å². The molecular weight excluding hydrogens is 322 g/mol. The fraction of sp³-hybridized carbons (Fsp3) is 0.556. The number of hydrogen-bond donors (Lipinski definition) is 2. The molecule has 0 aliphatic carbocycles. The van der Waals surface area contributed by atoms with E-state index in [-0.39, 0.29) is 18.5 Å². The molecule has 1 unspecified atom stereocenters. The van der Waals surface area contributed by atoms with E-state index in [0.29, 0.717) is 6.42 Å². The molecule has 7 heteroatoms. The lowest BCUT2D eigenvalue weighted by Crippen LogP contribution is -2.45. The summed E-state index contributed by atoms with van der Waals surface area (Å²) in [4.78, 5) is 25.1. The van der Waals surface area contributed by atoms with Crippen LogP contribution < -0.4 is 10.1 Å². The third kappa shape index (κ3) is 6.03. The van der Waals surface area contributed by atoms with Crippen molar-refractivity contribution in [2.75, 3.05) is 45.1 Å². The van der Waals surface area contributed by atoms with Gasteiger partial charge in [-0.2, -0.15) is 0 Å². The quantitative estimate of drug-likeness (QED) is 0.797. The van der Waals surface area contributed by atoms with Gasteiger partial charge < -0.3 is 25.0 Å². The molecule has 2 heterocycles. The van der Waals surface area contributed by atoms with Gasteiger partial charge in [0.15, 0.2) is 0 Å². The number of nitrogens with zero attached hydrogens (tertiary/aromatic N) is 2. The van der Waals surface area contributed by atoms with E-state index in [0.717, 1.165) is 50.6 Å². The Morgan fingerprint density at radius 2 is 2.04 bits per heavy atom. The number of nitrogens with one attached hydrogen (secondary N) is 1. The zero-order valence-electron chi connectivity index (χ0n) is 14.9. The van der Waals surface area contributed by atoms with Crippen molar-refractivity contribution in [2.24, 2.45) is 0 Å². The molecule has 1 amide bonds. The summed E-state index contributed by atoms with van der Waals surface area (Å²) in [5, 5.41) is 9.89. The number of carbonyl (C=O) groups excluding carboxylic acids is 1. The largest absolute Gasteiger partial charge is 0.490 e. The van der Waals surface area contributed by atoms with Crippen LogP contribution in [0.1, 0.15) is 18.9 Å². The van der Waals surface area contributed by atoms with Gasteiger partial charge in [-0.05, 0) is 37.7 Å². The number of anilines is 1. The number of ether oxygens (including phenoxy) is 1. The summed E-state index contributed by atoms with van der Waals surface area (Å²) in [5.74, 6) is 1.04. The summed E-state index contributed by atoms with van der Waals surface area (Å²) in [5.41, 5.74) is 2.06. The molecule has 25 heavy (non-hydrogen) atoms. The number of benzene rings is 1. The zero-order chi connectivity index (χ0) is 18.2. The topological polar surface area (TPSA) is 82.1 Å². The molecule has 2 aliphatic heterocycles. The smallest absolute Gasteiger partial charge is 0.290 e. The Kier molecular flexibility index (Phi) is 7.21. The molecule has 0 bridgehead atoms. The summed E-state index contributed by atoms with van der Waals surface area (Å²) in [6.07, 6.45) is 1.70. The summed E-state index contributed by atoms with van der Waals surface area (Å²) in [6.45, 7) is 6.93. The van der Waals surface area contributed by atoms with Crippen molar-refractivity contribution in [1.82, 2.24) is 9.80 Å². The Morgan fingerprint density at radius 3 is 2.72 bits per heavy atom. The predicted octanol–water partition coefficient (Wildman–Crippen LogP) is 1.29. The minimum Gasteiger partial charge on any atom is -0.490 e. The lowest BCUT2D eigenvalue weighted by Gasteiger charge is -2.32. The molecule has 1 atom stereocenters. The molecule has 1 aromatic carbocycles. The first-order valence-corrected chi connectivity index (χ1v) is 8.60. The van der Waals surface area contributed by atoms with Crippen molar-refractivity contribution in [3.05, 3.63) is 23.8 Å². The number of rotatable bonds is 4. The Labute approximate surface area is 148 Å². The first kappa shape index (κ1) is 19.2. The molecule has 1 saturated heterocycles. The van der Waals surface area contributed by atoms with E-state index in [1.165, 1.54) is 5.56 Å². The van der Waals surface area contributed by atoms with Gasteiger partial charge in [-0.25, -0.2) is 0 Å². The summed E-state index contributed by atoms with van der Waals surface area (Å²) < 4.78 is 5.68. The maximum atomic E-state index is 12.1.